The number of carbonyl (C=O) groups excluding carboxylic acids is 1. The average molecular weight is 446 g/mol. The molecule has 0 aromatic rings. The van der Waals surface area contributed by atoms with Crippen molar-refractivity contribution in [3.8, 4) is 0 Å². The molecule has 4 aliphatic rings. The molecule has 182 valence electrons. The van der Waals surface area contributed by atoms with Gasteiger partial charge in [0.1, 0.15) is 0 Å². The Morgan fingerprint density at radius 3 is 2.62 bits per heavy atom. The van der Waals surface area contributed by atoms with E-state index in [0.717, 1.165) is 44.4 Å². The van der Waals surface area contributed by atoms with Gasteiger partial charge in [0, 0.05) is 6.54 Å². The van der Waals surface area contributed by atoms with Crippen LogP contribution in [0.1, 0.15) is 91.9 Å². The number of aliphatic hydroxyl groups excluding tert-OH is 2. The second-order valence-electron chi connectivity index (χ2n) is 12.2. The van der Waals surface area contributed by atoms with Crippen molar-refractivity contribution in [3.05, 3.63) is 12.2 Å². The van der Waals surface area contributed by atoms with Crippen molar-refractivity contribution in [2.75, 3.05) is 6.54 Å². The van der Waals surface area contributed by atoms with E-state index >= 15 is 0 Å². The van der Waals surface area contributed by atoms with Crippen LogP contribution in [0, 0.1) is 46.3 Å². The van der Waals surface area contributed by atoms with Gasteiger partial charge < -0.3 is 15.5 Å². The predicted octanol–water partition coefficient (Wildman–Crippen LogP) is 5.09. The first-order valence-corrected chi connectivity index (χ1v) is 13.5. The van der Waals surface area contributed by atoms with Crippen molar-refractivity contribution < 1.29 is 15.0 Å². The minimum absolute atomic E-state index is 0.00104. The van der Waals surface area contributed by atoms with E-state index in [9.17, 15) is 15.0 Å². The number of allylic oxidation sites excluding steroid dienone is 1. The molecule has 10 unspecified atom stereocenters. The number of likely N-dealkylation sites (N-methyl/N-ethyl adjacent to an activating group) is 1. The first kappa shape index (κ1) is 24.3. The second-order valence-corrected chi connectivity index (χ2v) is 12.2. The minimum atomic E-state index is -0.211. The monoisotopic (exact) mass is 445 g/mol. The zero-order valence-corrected chi connectivity index (χ0v) is 20.9. The van der Waals surface area contributed by atoms with Crippen LogP contribution in [0.25, 0.3) is 0 Å². The van der Waals surface area contributed by atoms with Crippen molar-refractivity contribution in [3.63, 3.8) is 0 Å². The fourth-order valence-corrected chi connectivity index (χ4v) is 9.14. The maximum absolute atomic E-state index is 11.7. The lowest BCUT2D eigenvalue weighted by atomic mass is 9.43. The fraction of sp³-hybridized carbons (Fsp3) is 0.893. The van der Waals surface area contributed by atoms with Crippen LogP contribution in [0.4, 0.5) is 0 Å². The first-order valence-electron chi connectivity index (χ1n) is 13.5. The predicted molar refractivity (Wildman–Crippen MR) is 129 cm³/mol. The molecule has 0 radical (unpaired) electrons. The molecule has 0 aromatic heterocycles. The Hall–Kier alpha value is -0.870. The molecule has 4 fully saturated rings. The highest BCUT2D eigenvalue weighted by Crippen LogP contribution is 2.68. The van der Waals surface area contributed by atoms with Crippen LogP contribution in [0.2, 0.25) is 0 Å². The zero-order valence-electron chi connectivity index (χ0n) is 20.9. The fourth-order valence-electron chi connectivity index (χ4n) is 9.14. The SMILES string of the molecule is CCNC(=O)C=CCCC(C)C1CCC2C3CCC4CC(O)CCC4(C)C3CC(O)C12C. The van der Waals surface area contributed by atoms with Crippen molar-refractivity contribution in [1.82, 2.24) is 5.32 Å². The number of hydrogen-bond donors (Lipinski definition) is 3. The topological polar surface area (TPSA) is 69.6 Å². The van der Waals surface area contributed by atoms with Gasteiger partial charge in [0.05, 0.1) is 12.2 Å². The molecule has 0 spiro atoms. The summed E-state index contributed by atoms with van der Waals surface area (Å²) in [6, 6.07) is 0. The highest BCUT2D eigenvalue weighted by molar-refractivity contribution is 5.87. The highest BCUT2D eigenvalue weighted by atomic mass is 16.3. The molecular weight excluding hydrogens is 398 g/mol. The molecule has 0 aliphatic heterocycles. The molecule has 10 atom stereocenters. The van der Waals surface area contributed by atoms with E-state index in [1.807, 2.05) is 13.0 Å². The number of fused-ring (bicyclic) bond motifs is 5. The molecule has 4 nitrogen and oxygen atoms in total. The van der Waals surface area contributed by atoms with Crippen LogP contribution in [-0.4, -0.2) is 34.9 Å². The van der Waals surface area contributed by atoms with Crippen LogP contribution >= 0.6 is 0 Å². The normalized spacial score (nSPS) is 46.9. The number of amides is 1. The van der Waals surface area contributed by atoms with Gasteiger partial charge in [-0.25, -0.2) is 0 Å². The van der Waals surface area contributed by atoms with E-state index in [0.29, 0.717) is 41.5 Å². The highest BCUT2D eigenvalue weighted by Gasteiger charge is 2.63. The van der Waals surface area contributed by atoms with E-state index in [1.165, 1.54) is 25.7 Å². The number of rotatable bonds is 6. The van der Waals surface area contributed by atoms with Crippen LogP contribution in [0.3, 0.4) is 0 Å². The molecular formula is C28H47NO3. The Labute approximate surface area is 195 Å². The minimum Gasteiger partial charge on any atom is -0.393 e. The largest absolute Gasteiger partial charge is 0.393 e. The third kappa shape index (κ3) is 4.08. The molecule has 1 amide bonds. The van der Waals surface area contributed by atoms with Gasteiger partial charge in [0.15, 0.2) is 0 Å². The summed E-state index contributed by atoms with van der Waals surface area (Å²) >= 11 is 0. The van der Waals surface area contributed by atoms with Gasteiger partial charge in [-0.05, 0) is 124 Å². The van der Waals surface area contributed by atoms with Crippen molar-refractivity contribution in [2.24, 2.45) is 46.3 Å². The Bertz CT molecular complexity index is 707. The van der Waals surface area contributed by atoms with E-state index in [2.05, 4.69) is 26.1 Å². The molecule has 32 heavy (non-hydrogen) atoms. The van der Waals surface area contributed by atoms with E-state index in [-0.39, 0.29) is 23.5 Å². The Morgan fingerprint density at radius 2 is 1.88 bits per heavy atom. The Balaban J connectivity index is 1.44. The van der Waals surface area contributed by atoms with E-state index in [4.69, 9.17) is 0 Å². The molecule has 0 saturated heterocycles. The molecule has 3 N–H and O–H groups in total. The van der Waals surface area contributed by atoms with Gasteiger partial charge in [-0.15, -0.1) is 0 Å². The molecule has 0 aromatic carbocycles. The van der Waals surface area contributed by atoms with E-state index < -0.39 is 0 Å². The summed E-state index contributed by atoms with van der Waals surface area (Å²) in [6.45, 7) is 9.89. The lowest BCUT2D eigenvalue weighted by Gasteiger charge is -2.62. The summed E-state index contributed by atoms with van der Waals surface area (Å²) in [5.74, 6) is 3.77. The van der Waals surface area contributed by atoms with Gasteiger partial charge in [-0.1, -0.05) is 26.8 Å². The van der Waals surface area contributed by atoms with Gasteiger partial charge in [0.2, 0.25) is 5.91 Å². The summed E-state index contributed by atoms with van der Waals surface area (Å²) in [7, 11) is 0. The van der Waals surface area contributed by atoms with Crippen LogP contribution in [-0.2, 0) is 4.79 Å². The van der Waals surface area contributed by atoms with E-state index in [1.54, 1.807) is 6.08 Å². The van der Waals surface area contributed by atoms with Gasteiger partial charge in [-0.2, -0.15) is 0 Å². The molecule has 4 heteroatoms. The van der Waals surface area contributed by atoms with Crippen LogP contribution < -0.4 is 5.32 Å². The number of aliphatic hydroxyl groups is 2. The Morgan fingerprint density at radius 1 is 1.09 bits per heavy atom. The summed E-state index contributed by atoms with van der Waals surface area (Å²) in [5, 5.41) is 24.7. The number of nitrogens with one attached hydrogen (secondary N) is 1. The maximum atomic E-state index is 11.7. The average Bonchev–Trinajstić information content (AvgIpc) is 3.11. The van der Waals surface area contributed by atoms with Gasteiger partial charge >= 0.3 is 0 Å². The molecule has 0 bridgehead atoms. The lowest BCUT2D eigenvalue weighted by Crippen LogP contribution is -2.58. The smallest absolute Gasteiger partial charge is 0.243 e. The van der Waals surface area contributed by atoms with Gasteiger partial charge in [-0.3, -0.25) is 4.79 Å². The molecule has 4 rings (SSSR count). The van der Waals surface area contributed by atoms with Crippen LogP contribution in [0.5, 0.6) is 0 Å². The molecule has 4 aliphatic carbocycles. The molecule has 0 heterocycles. The molecule has 4 saturated carbocycles. The third-order valence-electron chi connectivity index (χ3n) is 10.9. The van der Waals surface area contributed by atoms with Gasteiger partial charge in [0.25, 0.3) is 0 Å². The zero-order chi connectivity index (χ0) is 23.1. The second kappa shape index (κ2) is 9.41. The van der Waals surface area contributed by atoms with Crippen molar-refractivity contribution in [1.29, 1.82) is 0 Å². The quantitative estimate of drug-likeness (QED) is 0.499. The summed E-state index contributed by atoms with van der Waals surface area (Å²) < 4.78 is 0. The standard InChI is InChI=1S/C28H47NO3/c1-5-29-26(32)9-7-6-8-18(2)22-12-13-23-21-11-10-19-16-20(30)14-15-27(19,3)24(21)17-25(31)28(22,23)4/h7,9,18-25,30-31H,5-6,8,10-17H2,1-4H3,(H,29,32). The summed E-state index contributed by atoms with van der Waals surface area (Å²) in [4.78, 5) is 11.7. The lowest BCUT2D eigenvalue weighted by molar-refractivity contribution is -0.174. The van der Waals surface area contributed by atoms with Crippen molar-refractivity contribution in [2.45, 2.75) is 104 Å². The third-order valence-corrected chi connectivity index (χ3v) is 10.9. The number of hydrogen-bond acceptors (Lipinski definition) is 3. The number of carbonyl (C=O) groups is 1. The Kier molecular flexibility index (Phi) is 7.13. The summed E-state index contributed by atoms with van der Waals surface area (Å²) in [6.07, 6.45) is 14.5. The van der Waals surface area contributed by atoms with Crippen LogP contribution in [0.15, 0.2) is 12.2 Å². The summed E-state index contributed by atoms with van der Waals surface area (Å²) in [5.41, 5.74) is 0.333. The first-order chi connectivity index (χ1) is 15.2. The maximum Gasteiger partial charge on any atom is 0.243 e. The van der Waals surface area contributed by atoms with Crippen molar-refractivity contribution >= 4 is 5.91 Å².